The fourth-order valence-electron chi connectivity index (χ4n) is 1.54. The number of rotatable bonds is 3. The van der Waals surface area contributed by atoms with Gasteiger partial charge in [-0.25, -0.2) is 5.01 Å². The van der Waals surface area contributed by atoms with Crippen LogP contribution in [0.2, 0.25) is 0 Å². The van der Waals surface area contributed by atoms with Crippen LogP contribution in [0.3, 0.4) is 0 Å². The Morgan fingerprint density at radius 1 is 1.29 bits per heavy atom. The van der Waals surface area contributed by atoms with E-state index in [0.717, 1.165) is 25.9 Å². The highest BCUT2D eigenvalue weighted by atomic mass is 16.2. The van der Waals surface area contributed by atoms with Crippen LogP contribution in [0.1, 0.15) is 33.1 Å². The van der Waals surface area contributed by atoms with Gasteiger partial charge in [-0.1, -0.05) is 20.3 Å². The SMILES string of the molecule is CC(C)[C@H](N)C(=O)NN1CCCCC1. The minimum Gasteiger partial charge on any atom is -0.320 e. The lowest BCUT2D eigenvalue weighted by atomic mass is 10.1. The molecule has 1 fully saturated rings. The normalized spacial score (nSPS) is 20.9. The lowest BCUT2D eigenvalue weighted by Crippen LogP contribution is -2.52. The number of carbonyl (C=O) groups is 1. The Labute approximate surface area is 85.8 Å². The molecule has 0 radical (unpaired) electrons. The van der Waals surface area contributed by atoms with Crippen LogP contribution in [0.15, 0.2) is 0 Å². The molecular weight excluding hydrogens is 178 g/mol. The van der Waals surface area contributed by atoms with Crippen LogP contribution in [0.4, 0.5) is 0 Å². The summed E-state index contributed by atoms with van der Waals surface area (Å²) < 4.78 is 0. The molecule has 0 spiro atoms. The predicted octanol–water partition coefficient (Wildman–Crippen LogP) is 0.487. The van der Waals surface area contributed by atoms with Crippen LogP contribution < -0.4 is 11.2 Å². The van der Waals surface area contributed by atoms with Gasteiger partial charge in [0.2, 0.25) is 0 Å². The highest BCUT2D eigenvalue weighted by molar-refractivity contribution is 5.81. The van der Waals surface area contributed by atoms with Crippen molar-refractivity contribution in [1.29, 1.82) is 0 Å². The number of carbonyl (C=O) groups excluding carboxylic acids is 1. The van der Waals surface area contributed by atoms with Crippen molar-refractivity contribution in [1.82, 2.24) is 10.4 Å². The first kappa shape index (κ1) is 11.5. The zero-order chi connectivity index (χ0) is 10.6. The van der Waals surface area contributed by atoms with Crippen molar-refractivity contribution in [3.63, 3.8) is 0 Å². The van der Waals surface area contributed by atoms with Gasteiger partial charge in [0.05, 0.1) is 6.04 Å². The minimum atomic E-state index is -0.392. The Bertz CT molecular complexity index is 188. The Kier molecular flexibility index (Phi) is 4.35. The van der Waals surface area contributed by atoms with Gasteiger partial charge in [-0.05, 0) is 18.8 Å². The minimum absolute atomic E-state index is 0.0538. The van der Waals surface area contributed by atoms with Crippen LogP contribution in [0.25, 0.3) is 0 Å². The highest BCUT2D eigenvalue weighted by Crippen LogP contribution is 2.06. The van der Waals surface area contributed by atoms with Gasteiger partial charge in [-0.2, -0.15) is 0 Å². The average Bonchev–Trinajstić information content (AvgIpc) is 2.18. The monoisotopic (exact) mass is 199 g/mol. The molecule has 82 valence electrons. The maximum atomic E-state index is 11.6. The topological polar surface area (TPSA) is 58.4 Å². The summed E-state index contributed by atoms with van der Waals surface area (Å²) in [5.74, 6) is 0.140. The summed E-state index contributed by atoms with van der Waals surface area (Å²) in [6.45, 7) is 5.83. The standard InChI is InChI=1S/C10H21N3O/c1-8(2)9(11)10(14)12-13-6-4-3-5-7-13/h8-9H,3-7,11H2,1-2H3,(H,12,14)/t9-/m0/s1. The molecule has 1 heterocycles. The van der Waals surface area contributed by atoms with E-state index in [1.54, 1.807) is 0 Å². The molecule has 14 heavy (non-hydrogen) atoms. The first-order valence-electron chi connectivity index (χ1n) is 5.42. The quantitative estimate of drug-likeness (QED) is 0.695. The molecule has 0 saturated carbocycles. The first-order valence-corrected chi connectivity index (χ1v) is 5.42. The maximum absolute atomic E-state index is 11.6. The van der Waals surface area contributed by atoms with E-state index in [4.69, 9.17) is 5.73 Å². The number of piperidine rings is 1. The zero-order valence-electron chi connectivity index (χ0n) is 9.12. The highest BCUT2D eigenvalue weighted by Gasteiger charge is 2.20. The molecule has 0 bridgehead atoms. The predicted molar refractivity (Wildman–Crippen MR) is 56.4 cm³/mol. The Morgan fingerprint density at radius 3 is 2.36 bits per heavy atom. The second-order valence-electron chi connectivity index (χ2n) is 4.29. The second-order valence-corrected chi connectivity index (χ2v) is 4.29. The third-order valence-corrected chi connectivity index (χ3v) is 2.65. The van der Waals surface area contributed by atoms with Crippen molar-refractivity contribution in [2.75, 3.05) is 13.1 Å². The van der Waals surface area contributed by atoms with Crippen LogP contribution in [0.5, 0.6) is 0 Å². The molecule has 0 aromatic rings. The van der Waals surface area contributed by atoms with Crippen molar-refractivity contribution in [2.24, 2.45) is 11.7 Å². The third kappa shape index (κ3) is 3.27. The van der Waals surface area contributed by atoms with Crippen molar-refractivity contribution < 1.29 is 4.79 Å². The number of hydrazine groups is 1. The smallest absolute Gasteiger partial charge is 0.251 e. The Hall–Kier alpha value is -0.610. The average molecular weight is 199 g/mol. The molecular formula is C10H21N3O. The van der Waals surface area contributed by atoms with Gasteiger partial charge in [-0.3, -0.25) is 10.2 Å². The van der Waals surface area contributed by atoms with Crippen molar-refractivity contribution in [2.45, 2.75) is 39.2 Å². The van der Waals surface area contributed by atoms with E-state index in [1.807, 2.05) is 18.9 Å². The molecule has 0 unspecified atom stereocenters. The summed E-state index contributed by atoms with van der Waals surface area (Å²) in [7, 11) is 0. The molecule has 1 atom stereocenters. The molecule has 1 rings (SSSR count). The summed E-state index contributed by atoms with van der Waals surface area (Å²) >= 11 is 0. The van der Waals surface area contributed by atoms with E-state index in [9.17, 15) is 4.79 Å². The van der Waals surface area contributed by atoms with E-state index >= 15 is 0 Å². The first-order chi connectivity index (χ1) is 6.61. The zero-order valence-corrected chi connectivity index (χ0v) is 9.12. The number of nitrogens with two attached hydrogens (primary N) is 1. The number of hydrogen-bond donors (Lipinski definition) is 2. The van der Waals surface area contributed by atoms with E-state index in [0.29, 0.717) is 0 Å². The van der Waals surface area contributed by atoms with Gasteiger partial charge in [0.1, 0.15) is 0 Å². The number of nitrogens with one attached hydrogen (secondary N) is 1. The van der Waals surface area contributed by atoms with E-state index in [2.05, 4.69) is 5.43 Å². The van der Waals surface area contributed by atoms with E-state index in [-0.39, 0.29) is 11.8 Å². The van der Waals surface area contributed by atoms with Crippen LogP contribution in [-0.2, 0) is 4.79 Å². The van der Waals surface area contributed by atoms with Crippen LogP contribution >= 0.6 is 0 Å². The summed E-state index contributed by atoms with van der Waals surface area (Å²) in [5, 5.41) is 1.98. The lowest BCUT2D eigenvalue weighted by Gasteiger charge is -2.28. The Morgan fingerprint density at radius 2 is 1.86 bits per heavy atom. The van der Waals surface area contributed by atoms with Gasteiger partial charge in [-0.15, -0.1) is 0 Å². The lowest BCUT2D eigenvalue weighted by molar-refractivity contribution is -0.128. The van der Waals surface area contributed by atoms with Crippen molar-refractivity contribution >= 4 is 5.91 Å². The molecule has 1 amide bonds. The van der Waals surface area contributed by atoms with Crippen LogP contribution in [0, 0.1) is 5.92 Å². The molecule has 1 aliphatic heterocycles. The van der Waals surface area contributed by atoms with Gasteiger partial charge in [0, 0.05) is 13.1 Å². The molecule has 0 aliphatic carbocycles. The summed E-state index contributed by atoms with van der Waals surface area (Å²) in [6.07, 6.45) is 3.59. The summed E-state index contributed by atoms with van der Waals surface area (Å²) in [6, 6.07) is -0.392. The molecule has 0 aromatic carbocycles. The molecule has 3 N–H and O–H groups in total. The molecule has 1 saturated heterocycles. The summed E-state index contributed by atoms with van der Waals surface area (Å²) in [4.78, 5) is 11.6. The fourth-order valence-corrected chi connectivity index (χ4v) is 1.54. The fraction of sp³-hybridized carbons (Fsp3) is 0.900. The van der Waals surface area contributed by atoms with Crippen molar-refractivity contribution in [3.05, 3.63) is 0 Å². The number of nitrogens with zero attached hydrogens (tertiary/aromatic N) is 1. The molecule has 4 nitrogen and oxygen atoms in total. The molecule has 0 aromatic heterocycles. The van der Waals surface area contributed by atoms with E-state index in [1.165, 1.54) is 6.42 Å². The van der Waals surface area contributed by atoms with Gasteiger partial charge in [0.15, 0.2) is 0 Å². The largest absolute Gasteiger partial charge is 0.320 e. The van der Waals surface area contributed by atoms with Crippen molar-refractivity contribution in [3.8, 4) is 0 Å². The third-order valence-electron chi connectivity index (χ3n) is 2.65. The Balaban J connectivity index is 2.31. The van der Waals surface area contributed by atoms with Gasteiger partial charge >= 0.3 is 0 Å². The number of hydrogen-bond acceptors (Lipinski definition) is 3. The van der Waals surface area contributed by atoms with E-state index < -0.39 is 6.04 Å². The van der Waals surface area contributed by atoms with Gasteiger partial charge < -0.3 is 5.73 Å². The van der Waals surface area contributed by atoms with Crippen LogP contribution in [-0.4, -0.2) is 30.0 Å². The summed E-state index contributed by atoms with van der Waals surface area (Å²) in [5.41, 5.74) is 8.61. The number of amides is 1. The molecule has 1 aliphatic rings. The second kappa shape index (κ2) is 5.32. The maximum Gasteiger partial charge on any atom is 0.251 e. The molecule has 4 heteroatoms. The van der Waals surface area contributed by atoms with Gasteiger partial charge in [0.25, 0.3) is 5.91 Å².